The van der Waals surface area contributed by atoms with Gasteiger partial charge in [-0.25, -0.2) is 4.99 Å². The molecule has 0 spiro atoms. The molecule has 2 aromatic rings. The topological polar surface area (TPSA) is 82.6 Å². The molecular weight excluding hydrogens is 525 g/mol. The lowest BCUT2D eigenvalue weighted by atomic mass is 10.1. The first-order valence-electron chi connectivity index (χ1n) is 10.1. The minimum Gasteiger partial charge on any atom is -0.496 e. The molecule has 2 aromatic carbocycles. The number of nitrogens with zero attached hydrogens (tertiary/aromatic N) is 1. The lowest BCUT2D eigenvalue weighted by Crippen LogP contribution is -2.38. The summed E-state index contributed by atoms with van der Waals surface area (Å²) in [6.07, 6.45) is 0.692. The first kappa shape index (κ1) is 27.5. The van der Waals surface area contributed by atoms with Crippen LogP contribution in [0.2, 0.25) is 0 Å². The van der Waals surface area contributed by atoms with Crippen molar-refractivity contribution in [2.24, 2.45) is 4.99 Å². The number of aliphatic imine (C=N–C) groups is 1. The Balaban J connectivity index is 0.00000512. The van der Waals surface area contributed by atoms with E-state index in [4.69, 9.17) is 23.7 Å². The zero-order valence-corrected chi connectivity index (χ0v) is 21.9. The van der Waals surface area contributed by atoms with Crippen LogP contribution in [0.25, 0.3) is 0 Å². The molecule has 0 saturated carbocycles. The van der Waals surface area contributed by atoms with Crippen LogP contribution in [0, 0.1) is 0 Å². The number of guanidine groups is 1. The molecule has 0 radical (unpaired) electrons. The Hall–Kier alpha value is -2.56. The Labute approximate surface area is 207 Å². The van der Waals surface area contributed by atoms with Crippen molar-refractivity contribution in [3.05, 3.63) is 41.5 Å². The van der Waals surface area contributed by atoms with E-state index in [2.05, 4.69) is 15.6 Å². The fraction of sp³-hybridized carbons (Fsp3) is 0.435. The van der Waals surface area contributed by atoms with Gasteiger partial charge in [0.05, 0.1) is 42.1 Å². The molecule has 2 rings (SSSR count). The molecule has 0 atom stereocenters. The standard InChI is InChI=1S/C23H33N3O5.HI/c1-7-24-23(26-15-16-8-9-19(28-3)22(12-16)31-6)25-11-10-18-20(29-4)13-17(27-2)14-21(18)30-5;/h8-9,12-14H,7,10-11,15H2,1-6H3,(H2,24,25,26);1H. The van der Waals surface area contributed by atoms with Gasteiger partial charge < -0.3 is 34.3 Å². The Bertz CT molecular complexity index is 852. The van der Waals surface area contributed by atoms with E-state index in [1.165, 1.54) is 0 Å². The van der Waals surface area contributed by atoms with Crippen LogP contribution in [0.4, 0.5) is 0 Å². The summed E-state index contributed by atoms with van der Waals surface area (Å²) in [6, 6.07) is 9.50. The molecule has 0 aliphatic heterocycles. The van der Waals surface area contributed by atoms with Gasteiger partial charge in [0.2, 0.25) is 0 Å². The molecule has 2 N–H and O–H groups in total. The molecule has 0 unspecified atom stereocenters. The summed E-state index contributed by atoms with van der Waals surface area (Å²) in [5.41, 5.74) is 1.99. The van der Waals surface area contributed by atoms with E-state index in [1.54, 1.807) is 35.5 Å². The van der Waals surface area contributed by atoms with Gasteiger partial charge in [0.1, 0.15) is 17.2 Å². The van der Waals surface area contributed by atoms with Crippen LogP contribution < -0.4 is 34.3 Å². The third-order valence-electron chi connectivity index (χ3n) is 4.70. The molecule has 0 heterocycles. The number of hydrogen-bond acceptors (Lipinski definition) is 6. The minimum absolute atomic E-state index is 0. The third kappa shape index (κ3) is 7.54. The van der Waals surface area contributed by atoms with Crippen LogP contribution in [-0.2, 0) is 13.0 Å². The zero-order chi connectivity index (χ0) is 22.6. The number of hydrogen-bond donors (Lipinski definition) is 2. The zero-order valence-electron chi connectivity index (χ0n) is 19.6. The highest BCUT2D eigenvalue weighted by atomic mass is 127. The van der Waals surface area contributed by atoms with Crippen molar-refractivity contribution >= 4 is 29.9 Å². The van der Waals surface area contributed by atoms with E-state index in [1.807, 2.05) is 37.3 Å². The highest BCUT2D eigenvalue weighted by Gasteiger charge is 2.13. The molecule has 0 aliphatic carbocycles. The maximum absolute atomic E-state index is 5.53. The summed E-state index contributed by atoms with van der Waals surface area (Å²) in [7, 11) is 8.14. The van der Waals surface area contributed by atoms with Crippen LogP contribution in [0.3, 0.4) is 0 Å². The molecule has 32 heavy (non-hydrogen) atoms. The lowest BCUT2D eigenvalue weighted by molar-refractivity contribution is 0.354. The van der Waals surface area contributed by atoms with Gasteiger partial charge in [-0.1, -0.05) is 6.07 Å². The van der Waals surface area contributed by atoms with Crippen LogP contribution in [-0.4, -0.2) is 54.6 Å². The molecule has 0 aliphatic rings. The second-order valence-electron chi connectivity index (χ2n) is 6.57. The molecule has 0 aromatic heterocycles. The number of ether oxygens (including phenoxy) is 5. The monoisotopic (exact) mass is 559 g/mol. The summed E-state index contributed by atoms with van der Waals surface area (Å²) in [5.74, 6) is 4.25. The number of rotatable bonds is 11. The average molecular weight is 559 g/mol. The second kappa shape index (κ2) is 14.5. The van der Waals surface area contributed by atoms with Gasteiger partial charge in [0.15, 0.2) is 17.5 Å². The van der Waals surface area contributed by atoms with Gasteiger partial charge >= 0.3 is 0 Å². The number of methoxy groups -OCH3 is 5. The largest absolute Gasteiger partial charge is 0.496 e. The van der Waals surface area contributed by atoms with Crippen molar-refractivity contribution in [2.75, 3.05) is 48.6 Å². The Morgan fingerprint density at radius 2 is 1.41 bits per heavy atom. The summed E-state index contributed by atoms with van der Waals surface area (Å²) >= 11 is 0. The molecule has 0 bridgehead atoms. The van der Waals surface area contributed by atoms with Crippen LogP contribution >= 0.6 is 24.0 Å². The Kier molecular flexibility index (Phi) is 12.4. The summed E-state index contributed by atoms with van der Waals surface area (Å²) in [5, 5.41) is 6.63. The van der Waals surface area contributed by atoms with Crippen molar-refractivity contribution in [3.63, 3.8) is 0 Å². The van der Waals surface area contributed by atoms with Gasteiger partial charge in [-0.2, -0.15) is 0 Å². The predicted octanol–water partition coefficient (Wildman–Crippen LogP) is 3.65. The van der Waals surface area contributed by atoms with Gasteiger partial charge in [0, 0.05) is 30.8 Å². The fourth-order valence-electron chi connectivity index (χ4n) is 3.12. The number of benzene rings is 2. The van der Waals surface area contributed by atoms with E-state index in [9.17, 15) is 0 Å². The van der Waals surface area contributed by atoms with E-state index in [0.29, 0.717) is 36.8 Å². The SMILES string of the molecule is CCNC(=NCc1ccc(OC)c(OC)c1)NCCc1c(OC)cc(OC)cc1OC.I. The number of halogens is 1. The van der Waals surface area contributed by atoms with E-state index in [0.717, 1.165) is 35.1 Å². The van der Waals surface area contributed by atoms with Crippen molar-refractivity contribution in [3.8, 4) is 28.7 Å². The maximum atomic E-state index is 5.53. The third-order valence-corrected chi connectivity index (χ3v) is 4.70. The summed E-state index contributed by atoms with van der Waals surface area (Å²) < 4.78 is 27.0. The number of nitrogens with one attached hydrogen (secondary N) is 2. The minimum atomic E-state index is 0. The van der Waals surface area contributed by atoms with Crippen molar-refractivity contribution in [1.82, 2.24) is 10.6 Å². The van der Waals surface area contributed by atoms with Gasteiger partial charge in [-0.05, 0) is 31.0 Å². The van der Waals surface area contributed by atoms with E-state index >= 15 is 0 Å². The normalized spacial score (nSPS) is 10.6. The summed E-state index contributed by atoms with van der Waals surface area (Å²) in [6.45, 7) is 3.94. The van der Waals surface area contributed by atoms with Gasteiger partial charge in [0.25, 0.3) is 0 Å². The molecule has 0 saturated heterocycles. The average Bonchev–Trinajstić information content (AvgIpc) is 2.81. The van der Waals surface area contributed by atoms with E-state index in [-0.39, 0.29) is 24.0 Å². The first-order chi connectivity index (χ1) is 15.1. The summed E-state index contributed by atoms with van der Waals surface area (Å²) in [4.78, 5) is 4.67. The fourth-order valence-corrected chi connectivity index (χ4v) is 3.12. The maximum Gasteiger partial charge on any atom is 0.191 e. The molecule has 8 nitrogen and oxygen atoms in total. The first-order valence-corrected chi connectivity index (χ1v) is 10.1. The molecule has 0 fully saturated rings. The second-order valence-corrected chi connectivity index (χ2v) is 6.57. The lowest BCUT2D eigenvalue weighted by Gasteiger charge is -2.16. The Morgan fingerprint density at radius 1 is 0.781 bits per heavy atom. The molecular formula is C23H34IN3O5. The molecule has 9 heteroatoms. The van der Waals surface area contributed by atoms with Crippen LogP contribution in [0.5, 0.6) is 28.7 Å². The van der Waals surface area contributed by atoms with Crippen LogP contribution in [0.1, 0.15) is 18.1 Å². The smallest absolute Gasteiger partial charge is 0.191 e. The van der Waals surface area contributed by atoms with Gasteiger partial charge in [-0.15, -0.1) is 24.0 Å². The van der Waals surface area contributed by atoms with Crippen LogP contribution in [0.15, 0.2) is 35.3 Å². The molecule has 178 valence electrons. The highest BCUT2D eigenvalue weighted by molar-refractivity contribution is 14.0. The quantitative estimate of drug-likeness (QED) is 0.247. The van der Waals surface area contributed by atoms with Gasteiger partial charge in [-0.3, -0.25) is 0 Å². The highest BCUT2D eigenvalue weighted by Crippen LogP contribution is 2.34. The van der Waals surface area contributed by atoms with Crippen molar-refractivity contribution in [2.45, 2.75) is 19.9 Å². The van der Waals surface area contributed by atoms with E-state index < -0.39 is 0 Å². The predicted molar refractivity (Wildman–Crippen MR) is 138 cm³/mol. The Morgan fingerprint density at radius 3 is 1.94 bits per heavy atom. The molecule has 0 amide bonds. The van der Waals surface area contributed by atoms with Crippen molar-refractivity contribution < 1.29 is 23.7 Å². The van der Waals surface area contributed by atoms with Crippen molar-refractivity contribution in [1.29, 1.82) is 0 Å².